The molecule has 1 amide bonds. The highest BCUT2D eigenvalue weighted by Crippen LogP contribution is 2.19. The van der Waals surface area contributed by atoms with Gasteiger partial charge in [-0.1, -0.05) is 24.3 Å². The van der Waals surface area contributed by atoms with Crippen molar-refractivity contribution in [2.45, 2.75) is 6.92 Å². The molecule has 3 rings (SSSR count). The van der Waals surface area contributed by atoms with E-state index in [9.17, 15) is 9.18 Å². The lowest BCUT2D eigenvalue weighted by Gasteiger charge is -2.20. The number of nitrogens with one attached hydrogen (secondary N) is 1. The molecule has 0 aliphatic heterocycles. The summed E-state index contributed by atoms with van der Waals surface area (Å²) in [7, 11) is 0. The highest BCUT2D eigenvalue weighted by Gasteiger charge is 2.18. The third-order valence-electron chi connectivity index (χ3n) is 3.61. The number of carbonyl (C=O) groups is 1. The number of rotatable bonds is 5. The zero-order valence-corrected chi connectivity index (χ0v) is 13.7. The average Bonchev–Trinajstić information content (AvgIpc) is 2.63. The lowest BCUT2D eigenvalue weighted by atomic mass is 10.2. The van der Waals surface area contributed by atoms with Gasteiger partial charge in [0.1, 0.15) is 23.7 Å². The molecule has 1 heterocycles. The number of amides is 1. The molecule has 0 radical (unpaired) electrons. The van der Waals surface area contributed by atoms with Crippen molar-refractivity contribution < 1.29 is 9.18 Å². The first-order valence-electron chi connectivity index (χ1n) is 7.89. The number of carbonyl (C=O) groups excluding carboxylic acids is 1. The fourth-order valence-electron chi connectivity index (χ4n) is 2.45. The van der Waals surface area contributed by atoms with Gasteiger partial charge < -0.3 is 10.2 Å². The van der Waals surface area contributed by atoms with E-state index in [-0.39, 0.29) is 17.4 Å². The SMILES string of the molecule is CCN(C(=O)c1cc(Nc2cccc(F)c2)ncn1)c1ccccc1. The molecule has 0 fully saturated rings. The molecule has 6 heteroatoms. The van der Waals surface area contributed by atoms with E-state index in [0.29, 0.717) is 18.1 Å². The van der Waals surface area contributed by atoms with Crippen LogP contribution < -0.4 is 10.2 Å². The third-order valence-corrected chi connectivity index (χ3v) is 3.61. The highest BCUT2D eigenvalue weighted by molar-refractivity contribution is 6.05. The predicted octanol–water partition coefficient (Wildman–Crippen LogP) is 4.03. The number of aromatic nitrogens is 2. The lowest BCUT2D eigenvalue weighted by Crippen LogP contribution is -2.31. The molecule has 0 saturated heterocycles. The van der Waals surface area contributed by atoms with Crippen LogP contribution in [0.5, 0.6) is 0 Å². The van der Waals surface area contributed by atoms with E-state index < -0.39 is 0 Å². The van der Waals surface area contributed by atoms with E-state index in [2.05, 4.69) is 15.3 Å². The summed E-state index contributed by atoms with van der Waals surface area (Å²) in [4.78, 5) is 22.6. The highest BCUT2D eigenvalue weighted by atomic mass is 19.1. The maximum absolute atomic E-state index is 13.3. The minimum Gasteiger partial charge on any atom is -0.340 e. The number of hydrogen-bond acceptors (Lipinski definition) is 4. The van der Waals surface area contributed by atoms with Crippen LogP contribution in [0.25, 0.3) is 0 Å². The molecule has 5 nitrogen and oxygen atoms in total. The molecule has 0 aliphatic carbocycles. The van der Waals surface area contributed by atoms with E-state index in [4.69, 9.17) is 0 Å². The molecule has 1 aromatic heterocycles. The van der Waals surface area contributed by atoms with Gasteiger partial charge in [-0.3, -0.25) is 4.79 Å². The largest absolute Gasteiger partial charge is 0.340 e. The summed E-state index contributed by atoms with van der Waals surface area (Å²) < 4.78 is 13.3. The van der Waals surface area contributed by atoms with Crippen LogP contribution in [-0.2, 0) is 0 Å². The van der Waals surface area contributed by atoms with Crippen LogP contribution in [-0.4, -0.2) is 22.4 Å². The van der Waals surface area contributed by atoms with Crippen LogP contribution in [0.4, 0.5) is 21.6 Å². The number of halogens is 1. The van der Waals surface area contributed by atoms with Crippen LogP contribution in [0.15, 0.2) is 67.0 Å². The third kappa shape index (κ3) is 3.98. The summed E-state index contributed by atoms with van der Waals surface area (Å²) in [6.45, 7) is 2.41. The van der Waals surface area contributed by atoms with Crippen molar-refractivity contribution in [1.29, 1.82) is 0 Å². The number of benzene rings is 2. The topological polar surface area (TPSA) is 58.1 Å². The molecule has 126 valence electrons. The smallest absolute Gasteiger partial charge is 0.277 e. The first-order chi connectivity index (χ1) is 12.2. The van der Waals surface area contributed by atoms with Crippen molar-refractivity contribution in [2.75, 3.05) is 16.8 Å². The van der Waals surface area contributed by atoms with Gasteiger partial charge in [0.2, 0.25) is 0 Å². The normalized spacial score (nSPS) is 10.3. The molecule has 0 aliphatic rings. The summed E-state index contributed by atoms with van der Waals surface area (Å²) in [5.41, 5.74) is 1.61. The maximum Gasteiger partial charge on any atom is 0.277 e. The molecule has 1 N–H and O–H groups in total. The molecule has 0 bridgehead atoms. The fourth-order valence-corrected chi connectivity index (χ4v) is 2.45. The van der Waals surface area contributed by atoms with Crippen LogP contribution in [0.3, 0.4) is 0 Å². The Hall–Kier alpha value is -3.28. The minimum absolute atomic E-state index is 0.224. The number of para-hydroxylation sites is 1. The Kier molecular flexibility index (Phi) is 4.99. The van der Waals surface area contributed by atoms with E-state index in [1.54, 1.807) is 23.1 Å². The number of anilines is 3. The summed E-state index contributed by atoms with van der Waals surface area (Å²) >= 11 is 0. The second-order valence-electron chi connectivity index (χ2n) is 5.31. The van der Waals surface area contributed by atoms with Gasteiger partial charge in [-0.2, -0.15) is 0 Å². The summed E-state index contributed by atoms with van der Waals surface area (Å²) in [6, 6.07) is 17.0. The van der Waals surface area contributed by atoms with E-state index >= 15 is 0 Å². The molecule has 0 spiro atoms. The Morgan fingerprint density at radius 2 is 1.88 bits per heavy atom. The molecular formula is C19H17FN4O. The van der Waals surface area contributed by atoms with Crippen molar-refractivity contribution in [3.8, 4) is 0 Å². The molecule has 3 aromatic rings. The molecule has 25 heavy (non-hydrogen) atoms. The summed E-state index contributed by atoms with van der Waals surface area (Å²) in [5, 5.41) is 2.97. The second-order valence-corrected chi connectivity index (χ2v) is 5.31. The standard InChI is InChI=1S/C19H17FN4O/c1-2-24(16-9-4-3-5-10-16)19(25)17-12-18(22-13-21-17)23-15-8-6-7-14(20)11-15/h3-13H,2H2,1H3,(H,21,22,23). The van der Waals surface area contributed by atoms with Crippen molar-refractivity contribution in [2.24, 2.45) is 0 Å². The monoisotopic (exact) mass is 336 g/mol. The predicted molar refractivity (Wildman–Crippen MR) is 95.5 cm³/mol. The molecular weight excluding hydrogens is 319 g/mol. The van der Waals surface area contributed by atoms with Crippen molar-refractivity contribution >= 4 is 23.1 Å². The van der Waals surface area contributed by atoms with Gasteiger partial charge >= 0.3 is 0 Å². The fraction of sp³-hybridized carbons (Fsp3) is 0.105. The van der Waals surface area contributed by atoms with Gasteiger partial charge in [0, 0.05) is 24.0 Å². The lowest BCUT2D eigenvalue weighted by molar-refractivity contribution is 0.0983. The van der Waals surface area contributed by atoms with Gasteiger partial charge in [-0.15, -0.1) is 0 Å². The summed E-state index contributed by atoms with van der Waals surface area (Å²) in [5.74, 6) is -0.150. The van der Waals surface area contributed by atoms with E-state index in [0.717, 1.165) is 5.69 Å². The zero-order valence-electron chi connectivity index (χ0n) is 13.7. The summed E-state index contributed by atoms with van der Waals surface area (Å²) in [6.07, 6.45) is 1.31. The van der Waals surface area contributed by atoms with Crippen LogP contribution in [0.2, 0.25) is 0 Å². The Labute approximate surface area is 145 Å². The number of hydrogen-bond donors (Lipinski definition) is 1. The first kappa shape index (κ1) is 16.6. The Morgan fingerprint density at radius 1 is 1.08 bits per heavy atom. The van der Waals surface area contributed by atoms with Crippen LogP contribution >= 0.6 is 0 Å². The Morgan fingerprint density at radius 3 is 2.60 bits per heavy atom. The van der Waals surface area contributed by atoms with Gasteiger partial charge in [0.25, 0.3) is 5.91 Å². The van der Waals surface area contributed by atoms with Gasteiger partial charge in [-0.05, 0) is 37.3 Å². The maximum atomic E-state index is 13.3. The van der Waals surface area contributed by atoms with Crippen LogP contribution in [0, 0.1) is 5.82 Å². The number of nitrogens with zero attached hydrogens (tertiary/aromatic N) is 3. The zero-order chi connectivity index (χ0) is 17.6. The second kappa shape index (κ2) is 7.53. The van der Waals surface area contributed by atoms with E-state index in [1.807, 2.05) is 37.3 Å². The molecule has 2 aromatic carbocycles. The van der Waals surface area contributed by atoms with Crippen molar-refractivity contribution in [3.05, 3.63) is 78.5 Å². The average molecular weight is 336 g/mol. The molecule has 0 atom stereocenters. The van der Waals surface area contributed by atoms with Crippen molar-refractivity contribution in [1.82, 2.24) is 9.97 Å². The van der Waals surface area contributed by atoms with Crippen LogP contribution in [0.1, 0.15) is 17.4 Å². The quantitative estimate of drug-likeness (QED) is 0.764. The van der Waals surface area contributed by atoms with Gasteiger partial charge in [-0.25, -0.2) is 14.4 Å². The molecule has 0 saturated carbocycles. The Balaban J connectivity index is 1.84. The van der Waals surface area contributed by atoms with Gasteiger partial charge in [0.05, 0.1) is 0 Å². The van der Waals surface area contributed by atoms with Gasteiger partial charge in [0.15, 0.2) is 0 Å². The minimum atomic E-state index is -0.350. The Bertz CT molecular complexity index is 870. The van der Waals surface area contributed by atoms with Crippen molar-refractivity contribution in [3.63, 3.8) is 0 Å². The first-order valence-corrected chi connectivity index (χ1v) is 7.89. The molecule has 0 unspecified atom stereocenters. The van der Waals surface area contributed by atoms with E-state index in [1.165, 1.54) is 18.5 Å².